The molecule has 1 saturated carbocycles. The van der Waals surface area contributed by atoms with E-state index >= 15 is 8.78 Å². The zero-order chi connectivity index (χ0) is 30.5. The number of allylic oxidation sites excluding steroid dienone is 5. The Kier molecular flexibility index (Phi) is 9.91. The quantitative estimate of drug-likeness (QED) is 0.314. The first kappa shape index (κ1) is 30.9. The number of carbonyl (C=O) groups is 1. The van der Waals surface area contributed by atoms with E-state index in [4.69, 9.17) is 10.7 Å². The summed E-state index contributed by atoms with van der Waals surface area (Å²) in [5.74, 6) is -1.04. The van der Waals surface area contributed by atoms with E-state index in [1.165, 1.54) is 18.4 Å². The Hall–Kier alpha value is -3.58. The second-order valence-corrected chi connectivity index (χ2v) is 12.5. The predicted octanol–water partition coefficient (Wildman–Crippen LogP) is 9.25. The van der Waals surface area contributed by atoms with Crippen LogP contribution in [0.5, 0.6) is 0 Å². The largest absolute Gasteiger partial charge is 0.321 e. The summed E-state index contributed by atoms with van der Waals surface area (Å²) in [6.07, 6.45) is 19.4. The number of carbonyl (C=O) groups excluding carboxylic acids is 1. The fourth-order valence-corrected chi connectivity index (χ4v) is 6.24. The summed E-state index contributed by atoms with van der Waals surface area (Å²) in [5, 5.41) is 8.88. The normalized spacial score (nSPS) is 25.5. The van der Waals surface area contributed by atoms with Gasteiger partial charge in [0.25, 0.3) is 0 Å². The average Bonchev–Trinajstić information content (AvgIpc) is 2.98. The van der Waals surface area contributed by atoms with Crippen LogP contribution in [0.2, 0.25) is 0 Å². The minimum Gasteiger partial charge on any atom is -0.321 e. The summed E-state index contributed by atoms with van der Waals surface area (Å²) in [4.78, 5) is 17.4. The minimum atomic E-state index is -0.818. The zero-order valence-electron chi connectivity index (χ0n) is 25.4. The maximum absolute atomic E-state index is 15.1. The third kappa shape index (κ3) is 7.50. The van der Waals surface area contributed by atoms with Crippen LogP contribution in [-0.2, 0) is 6.42 Å². The van der Waals surface area contributed by atoms with Gasteiger partial charge in [0.15, 0.2) is 5.78 Å². The third-order valence-corrected chi connectivity index (χ3v) is 9.02. The molecule has 43 heavy (non-hydrogen) atoms. The van der Waals surface area contributed by atoms with E-state index in [2.05, 4.69) is 47.7 Å². The maximum Gasteiger partial charge on any atom is 0.179 e. The minimum absolute atomic E-state index is 0.0603. The first-order valence-corrected chi connectivity index (χ1v) is 15.6. The van der Waals surface area contributed by atoms with Crippen LogP contribution < -0.4 is 5.73 Å². The van der Waals surface area contributed by atoms with Gasteiger partial charge in [0.2, 0.25) is 0 Å². The Morgan fingerprint density at radius 2 is 1.81 bits per heavy atom. The van der Waals surface area contributed by atoms with Gasteiger partial charge in [0, 0.05) is 18.2 Å². The van der Waals surface area contributed by atoms with Gasteiger partial charge in [-0.1, -0.05) is 57.2 Å². The van der Waals surface area contributed by atoms with E-state index in [1.807, 2.05) is 6.07 Å². The number of benzene rings is 2. The molecule has 7 heteroatoms. The lowest BCUT2D eigenvalue weighted by Gasteiger charge is -2.29. The van der Waals surface area contributed by atoms with Crippen molar-refractivity contribution in [2.75, 3.05) is 0 Å². The van der Waals surface area contributed by atoms with Crippen LogP contribution in [0, 0.1) is 29.4 Å². The molecular weight excluding hydrogens is 542 g/mol. The fourth-order valence-electron chi connectivity index (χ4n) is 6.24. The molecule has 0 radical (unpaired) electrons. The van der Waals surface area contributed by atoms with E-state index in [9.17, 15) is 4.79 Å². The monoisotopic (exact) mass is 584 g/mol. The number of azo groups is 1. The fraction of sp³-hybridized carbons (Fsp3) is 0.444. The van der Waals surface area contributed by atoms with Crippen LogP contribution in [0.3, 0.4) is 0 Å². The molecule has 5 nitrogen and oxygen atoms in total. The van der Waals surface area contributed by atoms with E-state index in [0.717, 1.165) is 55.5 Å². The third-order valence-electron chi connectivity index (χ3n) is 9.02. The van der Waals surface area contributed by atoms with Gasteiger partial charge in [-0.25, -0.2) is 8.78 Å². The highest BCUT2D eigenvalue weighted by Crippen LogP contribution is 2.38. The molecule has 2 aromatic rings. The maximum atomic E-state index is 15.1. The Balaban J connectivity index is 1.21. The Morgan fingerprint density at radius 3 is 2.51 bits per heavy atom. The van der Waals surface area contributed by atoms with Gasteiger partial charge in [-0.05, 0) is 97.6 Å². The standard InChI is InChI=1S/C36H42F2N4O/c1-4-23-7-5-6-8-29(40-21-23)15-24-9-11-25(12-10-24)16-30-17-26-13-14-27(20-33(26)42-41-30)34-31(37)18-28(19-32(34)38)36(43)35(39)22(2)3/h5-7,13-14,16,18-22,24-25,29,35H,4,8-12,15,17,39H2,1-3H3/b6-5+,23-7-,30-16?,40-21?. The topological polar surface area (TPSA) is 80.2 Å². The molecule has 1 fully saturated rings. The molecule has 226 valence electrons. The summed E-state index contributed by atoms with van der Waals surface area (Å²) in [5.41, 5.74) is 9.84. The first-order chi connectivity index (χ1) is 20.7. The molecule has 0 aromatic heterocycles. The van der Waals surface area contributed by atoms with Crippen LogP contribution in [-0.4, -0.2) is 24.1 Å². The molecule has 2 aliphatic heterocycles. The van der Waals surface area contributed by atoms with Crippen LogP contribution in [0.4, 0.5) is 14.5 Å². The number of nitrogens with zero attached hydrogens (tertiary/aromatic N) is 3. The number of ketones is 1. The molecule has 2 heterocycles. The molecule has 2 unspecified atom stereocenters. The lowest BCUT2D eigenvalue weighted by atomic mass is 9.78. The Labute approximate surface area is 253 Å². The first-order valence-electron chi connectivity index (χ1n) is 15.6. The molecule has 0 saturated heterocycles. The summed E-state index contributed by atoms with van der Waals surface area (Å²) in [7, 11) is 0. The van der Waals surface area contributed by atoms with Crippen LogP contribution in [0.25, 0.3) is 11.1 Å². The van der Waals surface area contributed by atoms with Crippen molar-refractivity contribution in [3.05, 3.63) is 88.7 Å². The molecule has 0 spiro atoms. The van der Waals surface area contributed by atoms with Crippen molar-refractivity contribution in [2.24, 2.45) is 38.7 Å². The number of rotatable bonds is 8. The number of hydrogen-bond donors (Lipinski definition) is 1. The predicted molar refractivity (Wildman–Crippen MR) is 170 cm³/mol. The number of nitrogens with two attached hydrogens (primary N) is 1. The van der Waals surface area contributed by atoms with Crippen LogP contribution in [0.15, 0.2) is 81.1 Å². The molecule has 2 atom stereocenters. The highest BCUT2D eigenvalue weighted by molar-refractivity contribution is 6.00. The smallest absolute Gasteiger partial charge is 0.179 e. The highest BCUT2D eigenvalue weighted by atomic mass is 19.1. The summed E-state index contributed by atoms with van der Waals surface area (Å²) in [6.45, 7) is 5.76. The molecule has 5 rings (SSSR count). The van der Waals surface area contributed by atoms with Gasteiger partial charge in [-0.2, -0.15) is 10.2 Å². The average molecular weight is 585 g/mol. The van der Waals surface area contributed by atoms with E-state index in [1.54, 1.807) is 26.0 Å². The number of Topliss-reactive ketones (excluding diaryl/α,β-unsaturated/α-hetero) is 1. The highest BCUT2D eigenvalue weighted by Gasteiger charge is 2.25. The summed E-state index contributed by atoms with van der Waals surface area (Å²) < 4.78 is 30.2. The second-order valence-electron chi connectivity index (χ2n) is 12.5. The molecule has 3 aliphatic rings. The van der Waals surface area contributed by atoms with Crippen molar-refractivity contribution < 1.29 is 13.6 Å². The van der Waals surface area contributed by atoms with Gasteiger partial charge in [0.1, 0.15) is 11.6 Å². The van der Waals surface area contributed by atoms with Crippen molar-refractivity contribution in [2.45, 2.75) is 84.2 Å². The SMILES string of the molecule is CC/C1=C/C=C/CC(CC2CCC(C=C3Cc4ccc(-c5c(F)cc(C(=O)C(N)C(C)C)cc5F)cc4N=N3)CC2)N=C1. The van der Waals surface area contributed by atoms with Gasteiger partial charge in [0.05, 0.1) is 29.0 Å². The Bertz CT molecular complexity index is 1470. The Morgan fingerprint density at radius 1 is 1.07 bits per heavy atom. The van der Waals surface area contributed by atoms with Crippen LogP contribution >= 0.6 is 0 Å². The van der Waals surface area contributed by atoms with E-state index in [0.29, 0.717) is 35.5 Å². The van der Waals surface area contributed by atoms with Crippen molar-refractivity contribution in [3.8, 4) is 11.1 Å². The molecule has 2 N–H and O–H groups in total. The molecule has 0 bridgehead atoms. The van der Waals surface area contributed by atoms with Gasteiger partial charge >= 0.3 is 0 Å². The van der Waals surface area contributed by atoms with E-state index in [-0.39, 0.29) is 17.0 Å². The lowest BCUT2D eigenvalue weighted by molar-refractivity contribution is 0.0939. The van der Waals surface area contributed by atoms with Crippen molar-refractivity contribution in [3.63, 3.8) is 0 Å². The number of fused-ring (bicyclic) bond motifs is 1. The second kappa shape index (κ2) is 13.8. The number of aliphatic imine (C=N–C) groups is 1. The lowest BCUT2D eigenvalue weighted by Crippen LogP contribution is -2.35. The van der Waals surface area contributed by atoms with Crippen molar-refractivity contribution in [1.29, 1.82) is 0 Å². The van der Waals surface area contributed by atoms with Gasteiger partial charge < -0.3 is 5.73 Å². The summed E-state index contributed by atoms with van der Waals surface area (Å²) in [6, 6.07) is 6.92. The molecule has 2 aromatic carbocycles. The van der Waals surface area contributed by atoms with Crippen LogP contribution in [0.1, 0.15) is 81.6 Å². The molecule has 1 aliphatic carbocycles. The van der Waals surface area contributed by atoms with Gasteiger partial charge in [-0.15, -0.1) is 0 Å². The van der Waals surface area contributed by atoms with E-state index < -0.39 is 23.5 Å². The summed E-state index contributed by atoms with van der Waals surface area (Å²) >= 11 is 0. The van der Waals surface area contributed by atoms with Crippen molar-refractivity contribution >= 4 is 17.7 Å². The number of hydrogen-bond acceptors (Lipinski definition) is 5. The molecular formula is C36H42F2N4O. The zero-order valence-corrected chi connectivity index (χ0v) is 25.4. The van der Waals surface area contributed by atoms with Crippen molar-refractivity contribution in [1.82, 2.24) is 0 Å². The number of halogens is 2. The van der Waals surface area contributed by atoms with Gasteiger partial charge in [-0.3, -0.25) is 9.79 Å². The molecule has 0 amide bonds.